The van der Waals surface area contributed by atoms with E-state index in [9.17, 15) is 4.79 Å². The van der Waals surface area contributed by atoms with Gasteiger partial charge in [-0.3, -0.25) is 9.89 Å². The van der Waals surface area contributed by atoms with Gasteiger partial charge in [-0.1, -0.05) is 0 Å². The fourth-order valence-electron chi connectivity index (χ4n) is 1.72. The van der Waals surface area contributed by atoms with Crippen molar-refractivity contribution in [2.75, 3.05) is 32.1 Å². The molecule has 1 aromatic heterocycles. The van der Waals surface area contributed by atoms with E-state index < -0.39 is 0 Å². The molecule has 0 radical (unpaired) electrons. The predicted octanol–water partition coefficient (Wildman–Crippen LogP) is 0.755. The third-order valence-corrected chi connectivity index (χ3v) is 4.40. The summed E-state index contributed by atoms with van der Waals surface area (Å²) in [6, 6.07) is 0. The molecule has 1 aromatic rings. The van der Waals surface area contributed by atoms with Crippen LogP contribution in [0.4, 0.5) is 0 Å². The number of halogens is 1. The van der Waals surface area contributed by atoms with Crippen molar-refractivity contribution in [2.24, 2.45) is 0 Å². The molecule has 1 atom stereocenters. The van der Waals surface area contributed by atoms with Crippen LogP contribution in [-0.4, -0.2) is 58.2 Å². The first-order valence-electron chi connectivity index (χ1n) is 5.52. The minimum Gasteiger partial charge on any atom is -0.394 e. The second-order valence-electron chi connectivity index (χ2n) is 3.72. The van der Waals surface area contributed by atoms with Gasteiger partial charge >= 0.3 is 0 Å². The zero-order valence-electron chi connectivity index (χ0n) is 9.63. The molecule has 1 amide bonds. The van der Waals surface area contributed by atoms with Crippen LogP contribution >= 0.6 is 27.7 Å². The summed E-state index contributed by atoms with van der Waals surface area (Å²) in [5.74, 6) is 0.565. The molecule has 0 bridgehead atoms. The molecule has 2 heterocycles. The van der Waals surface area contributed by atoms with E-state index in [1.165, 1.54) is 0 Å². The molecule has 6 nitrogen and oxygen atoms in total. The first-order valence-corrected chi connectivity index (χ1v) is 7.36. The second kappa shape index (κ2) is 6.55. The van der Waals surface area contributed by atoms with Crippen molar-refractivity contribution in [3.05, 3.63) is 16.4 Å². The van der Waals surface area contributed by atoms with Crippen LogP contribution < -0.4 is 0 Å². The van der Waals surface area contributed by atoms with E-state index in [-0.39, 0.29) is 17.9 Å². The van der Waals surface area contributed by atoms with Crippen LogP contribution in [-0.2, 0) is 9.53 Å². The molecule has 0 saturated carbocycles. The van der Waals surface area contributed by atoms with Crippen molar-refractivity contribution < 1.29 is 14.6 Å². The number of aliphatic hydroxyl groups excluding tert-OH is 1. The monoisotopic (exact) mass is 335 g/mol. The fourth-order valence-corrected chi connectivity index (χ4v) is 3.49. The summed E-state index contributed by atoms with van der Waals surface area (Å²) in [6.07, 6.45) is 1.68. The average Bonchev–Trinajstić information content (AvgIpc) is 2.92. The maximum atomic E-state index is 11.8. The van der Waals surface area contributed by atoms with Crippen LogP contribution in [0.5, 0.6) is 0 Å². The van der Waals surface area contributed by atoms with Gasteiger partial charge in [-0.05, 0) is 15.9 Å². The highest BCUT2D eigenvalue weighted by molar-refractivity contribution is 9.10. The van der Waals surface area contributed by atoms with Gasteiger partial charge < -0.3 is 14.7 Å². The summed E-state index contributed by atoms with van der Waals surface area (Å²) in [4.78, 5) is 13.6. The lowest BCUT2D eigenvalue weighted by Gasteiger charge is -2.23. The van der Waals surface area contributed by atoms with Crippen molar-refractivity contribution in [3.8, 4) is 0 Å². The van der Waals surface area contributed by atoms with Crippen LogP contribution in [0.1, 0.15) is 11.1 Å². The second-order valence-corrected chi connectivity index (χ2v) is 5.64. The summed E-state index contributed by atoms with van der Waals surface area (Å²) in [6.45, 7) is 1.24. The van der Waals surface area contributed by atoms with Crippen molar-refractivity contribution in [3.63, 3.8) is 0 Å². The van der Waals surface area contributed by atoms with E-state index in [1.807, 2.05) is 0 Å². The molecular weight excluding hydrogens is 322 g/mol. The van der Waals surface area contributed by atoms with E-state index in [4.69, 9.17) is 9.84 Å². The number of hydrogen-bond acceptors (Lipinski definition) is 5. The number of amides is 1. The van der Waals surface area contributed by atoms with Crippen LogP contribution in [0.15, 0.2) is 10.7 Å². The zero-order chi connectivity index (χ0) is 13.0. The van der Waals surface area contributed by atoms with Gasteiger partial charge in [0.2, 0.25) is 5.91 Å². The Balaban J connectivity index is 1.97. The van der Waals surface area contributed by atoms with Gasteiger partial charge in [-0.25, -0.2) is 0 Å². The highest BCUT2D eigenvalue weighted by Gasteiger charge is 2.34. The SMILES string of the molecule is O=C1CSC(c2[nH]ncc2Br)N1CCOCCO. The van der Waals surface area contributed by atoms with Gasteiger partial charge in [0.15, 0.2) is 0 Å². The molecular formula is C10H14BrN3O3S. The number of nitrogens with zero attached hydrogens (tertiary/aromatic N) is 2. The number of H-pyrrole nitrogens is 1. The minimum absolute atomic E-state index is 0.00176. The Bertz CT molecular complexity index is 415. The molecule has 100 valence electrons. The number of ether oxygens (including phenoxy) is 1. The number of hydrogen-bond donors (Lipinski definition) is 2. The van der Waals surface area contributed by atoms with Crippen LogP contribution in [0.2, 0.25) is 0 Å². The van der Waals surface area contributed by atoms with E-state index in [0.29, 0.717) is 25.5 Å². The van der Waals surface area contributed by atoms with E-state index in [2.05, 4.69) is 26.1 Å². The fraction of sp³-hybridized carbons (Fsp3) is 0.600. The molecule has 1 fully saturated rings. The average molecular weight is 336 g/mol. The molecule has 1 aliphatic heterocycles. The topological polar surface area (TPSA) is 78.5 Å². The van der Waals surface area contributed by atoms with Crippen LogP contribution in [0, 0.1) is 0 Å². The summed E-state index contributed by atoms with van der Waals surface area (Å²) < 4.78 is 6.07. The number of rotatable bonds is 6. The van der Waals surface area contributed by atoms with Crippen molar-refractivity contribution in [2.45, 2.75) is 5.37 Å². The molecule has 2 N–H and O–H groups in total. The molecule has 18 heavy (non-hydrogen) atoms. The predicted molar refractivity (Wildman–Crippen MR) is 71.1 cm³/mol. The van der Waals surface area contributed by atoms with Gasteiger partial charge in [-0.15, -0.1) is 11.8 Å². The van der Waals surface area contributed by atoms with Crippen LogP contribution in [0.3, 0.4) is 0 Å². The summed E-state index contributed by atoms with van der Waals surface area (Å²) in [7, 11) is 0. The molecule has 8 heteroatoms. The highest BCUT2D eigenvalue weighted by Crippen LogP contribution is 2.39. The first-order chi connectivity index (χ1) is 8.74. The van der Waals surface area contributed by atoms with Gasteiger partial charge in [0.1, 0.15) is 5.37 Å². The number of aromatic amines is 1. The quantitative estimate of drug-likeness (QED) is 0.750. The Morgan fingerprint density at radius 3 is 3.17 bits per heavy atom. The summed E-state index contributed by atoms with van der Waals surface area (Å²) in [5.41, 5.74) is 0.896. The number of thioether (sulfide) groups is 1. The van der Waals surface area contributed by atoms with Gasteiger partial charge in [-0.2, -0.15) is 5.10 Å². The van der Waals surface area contributed by atoms with Gasteiger partial charge in [0.25, 0.3) is 0 Å². The molecule has 1 saturated heterocycles. The molecule has 1 unspecified atom stereocenters. The van der Waals surface area contributed by atoms with Crippen molar-refractivity contribution >= 4 is 33.6 Å². The van der Waals surface area contributed by atoms with Crippen LogP contribution in [0.25, 0.3) is 0 Å². The summed E-state index contributed by atoms with van der Waals surface area (Å²) >= 11 is 4.97. The molecule has 1 aliphatic rings. The Kier molecular flexibility index (Phi) is 5.04. The van der Waals surface area contributed by atoms with E-state index in [0.717, 1.165) is 10.2 Å². The molecule has 0 aromatic carbocycles. The van der Waals surface area contributed by atoms with Crippen molar-refractivity contribution in [1.82, 2.24) is 15.1 Å². The molecule has 0 spiro atoms. The third-order valence-electron chi connectivity index (χ3n) is 2.55. The smallest absolute Gasteiger partial charge is 0.233 e. The van der Waals surface area contributed by atoms with Crippen molar-refractivity contribution in [1.29, 1.82) is 0 Å². The minimum atomic E-state index is -0.0490. The Hall–Kier alpha value is -0.570. The number of carbonyl (C=O) groups excluding carboxylic acids is 1. The molecule has 2 rings (SSSR count). The number of nitrogens with one attached hydrogen (secondary N) is 1. The lowest BCUT2D eigenvalue weighted by atomic mass is 10.3. The maximum Gasteiger partial charge on any atom is 0.233 e. The zero-order valence-corrected chi connectivity index (χ0v) is 12.0. The third kappa shape index (κ3) is 3.05. The first kappa shape index (κ1) is 13.9. The molecule has 0 aliphatic carbocycles. The lowest BCUT2D eigenvalue weighted by Crippen LogP contribution is -2.32. The normalized spacial score (nSPS) is 19.8. The number of carbonyl (C=O) groups is 1. The van der Waals surface area contributed by atoms with E-state index in [1.54, 1.807) is 22.9 Å². The Morgan fingerprint density at radius 1 is 1.67 bits per heavy atom. The Labute approximate surface area is 117 Å². The number of aliphatic hydroxyl groups is 1. The largest absolute Gasteiger partial charge is 0.394 e. The lowest BCUT2D eigenvalue weighted by molar-refractivity contribution is -0.128. The van der Waals surface area contributed by atoms with E-state index >= 15 is 0 Å². The summed E-state index contributed by atoms with van der Waals surface area (Å²) in [5, 5.41) is 15.4. The Morgan fingerprint density at radius 2 is 2.50 bits per heavy atom. The maximum absolute atomic E-state index is 11.8. The highest BCUT2D eigenvalue weighted by atomic mass is 79.9. The van der Waals surface area contributed by atoms with Gasteiger partial charge in [0.05, 0.1) is 41.9 Å². The number of aromatic nitrogens is 2. The van der Waals surface area contributed by atoms with Gasteiger partial charge in [0, 0.05) is 6.54 Å². The standard InChI is InChI=1S/C10H14BrN3O3S/c11-7-5-12-13-9(7)10-14(8(16)6-18-10)1-3-17-4-2-15/h5,10,15H,1-4,6H2,(H,12,13).